The van der Waals surface area contributed by atoms with Crippen molar-refractivity contribution in [1.29, 1.82) is 0 Å². The minimum absolute atomic E-state index is 0.112. The van der Waals surface area contributed by atoms with Crippen molar-refractivity contribution in [2.24, 2.45) is 0 Å². The second-order valence-corrected chi connectivity index (χ2v) is 12.0. The molecule has 1 amide bonds. The van der Waals surface area contributed by atoms with Crippen LogP contribution in [0.3, 0.4) is 0 Å². The van der Waals surface area contributed by atoms with Gasteiger partial charge in [-0.1, -0.05) is 59.5 Å². The number of aliphatic hydroxyl groups is 1. The average molecular weight is 616 g/mol. The summed E-state index contributed by atoms with van der Waals surface area (Å²) < 4.78 is 22.2. The van der Waals surface area contributed by atoms with Crippen molar-refractivity contribution in [2.45, 2.75) is 36.9 Å². The van der Waals surface area contributed by atoms with E-state index >= 15 is 0 Å². The fourth-order valence-electron chi connectivity index (χ4n) is 5.07. The number of halogens is 1. The highest BCUT2D eigenvalue weighted by Gasteiger charge is 2.49. The first-order valence-electron chi connectivity index (χ1n) is 13.5. The standard InChI is InChI=1S/C31H26FN5O4S2/c1-4-41-21-12-7-11-19(15-21)25-23(26(38)24-18(3)36-14-8-9-17(2)28(36)33-24)27(39)29(40)37(25)30-34-35-31(43-30)42-16-20-10-5-6-13-22(20)32/h5-15,25,38H,4,16H2,1-3H3/b26-23+. The predicted octanol–water partition coefficient (Wildman–Crippen LogP) is 6.26. The van der Waals surface area contributed by atoms with Crippen LogP contribution in [0.2, 0.25) is 0 Å². The van der Waals surface area contributed by atoms with Gasteiger partial charge in [-0.3, -0.25) is 14.5 Å². The van der Waals surface area contributed by atoms with Gasteiger partial charge in [0.05, 0.1) is 23.9 Å². The number of amides is 1. The lowest BCUT2D eigenvalue weighted by atomic mass is 9.96. The molecule has 0 spiro atoms. The number of anilines is 1. The minimum atomic E-state index is -1.02. The van der Waals surface area contributed by atoms with Gasteiger partial charge in [-0.25, -0.2) is 9.37 Å². The summed E-state index contributed by atoms with van der Waals surface area (Å²) in [6.07, 6.45) is 1.82. The highest BCUT2D eigenvalue weighted by atomic mass is 32.2. The van der Waals surface area contributed by atoms with Gasteiger partial charge in [-0.05, 0) is 61.7 Å². The van der Waals surface area contributed by atoms with Crippen LogP contribution in [-0.2, 0) is 15.3 Å². The zero-order valence-corrected chi connectivity index (χ0v) is 25.1. The average Bonchev–Trinajstić information content (AvgIpc) is 3.68. The fourth-order valence-corrected chi connectivity index (χ4v) is 6.93. The number of nitrogens with zero attached hydrogens (tertiary/aromatic N) is 5. The van der Waals surface area contributed by atoms with Gasteiger partial charge in [-0.2, -0.15) is 0 Å². The predicted molar refractivity (Wildman–Crippen MR) is 163 cm³/mol. The number of hydrogen-bond donors (Lipinski definition) is 1. The van der Waals surface area contributed by atoms with Crippen molar-refractivity contribution < 1.29 is 23.8 Å². The molecule has 0 radical (unpaired) electrons. The van der Waals surface area contributed by atoms with Crippen LogP contribution in [0.15, 0.2) is 76.8 Å². The third kappa shape index (κ3) is 5.17. The Morgan fingerprint density at radius 1 is 1.09 bits per heavy atom. The molecule has 5 aromatic rings. The van der Waals surface area contributed by atoms with Crippen molar-refractivity contribution in [2.75, 3.05) is 11.5 Å². The Balaban J connectivity index is 1.45. The number of pyridine rings is 1. The summed E-state index contributed by atoms with van der Waals surface area (Å²) >= 11 is 2.38. The number of aromatic nitrogens is 4. The van der Waals surface area contributed by atoms with Gasteiger partial charge in [0.25, 0.3) is 5.78 Å². The lowest BCUT2D eigenvalue weighted by Crippen LogP contribution is -2.29. The highest BCUT2D eigenvalue weighted by molar-refractivity contribution is 8.00. The molecule has 43 heavy (non-hydrogen) atoms. The van der Waals surface area contributed by atoms with Crippen LogP contribution in [0.4, 0.5) is 9.52 Å². The van der Waals surface area contributed by atoms with Crippen LogP contribution < -0.4 is 9.64 Å². The second-order valence-electron chi connectivity index (χ2n) is 9.84. The largest absolute Gasteiger partial charge is 0.505 e. The highest BCUT2D eigenvalue weighted by Crippen LogP contribution is 2.45. The lowest BCUT2D eigenvalue weighted by Gasteiger charge is -2.22. The molecule has 1 atom stereocenters. The number of aliphatic hydroxyl groups excluding tert-OH is 1. The number of fused-ring (bicyclic) bond motifs is 1. The number of carbonyl (C=O) groups excluding carboxylic acids is 2. The zero-order chi connectivity index (χ0) is 30.2. The smallest absolute Gasteiger partial charge is 0.301 e. The Morgan fingerprint density at radius 2 is 1.91 bits per heavy atom. The summed E-state index contributed by atoms with van der Waals surface area (Å²) in [7, 11) is 0. The number of thioether (sulfide) groups is 1. The number of aryl methyl sites for hydroxylation is 2. The molecule has 1 N–H and O–H groups in total. The molecule has 0 bridgehead atoms. The van der Waals surface area contributed by atoms with Gasteiger partial charge in [0, 0.05) is 11.9 Å². The summed E-state index contributed by atoms with van der Waals surface area (Å²) in [5.41, 5.74) is 3.28. The van der Waals surface area contributed by atoms with Gasteiger partial charge >= 0.3 is 5.91 Å². The summed E-state index contributed by atoms with van der Waals surface area (Å²) in [4.78, 5) is 33.2. The van der Waals surface area contributed by atoms with E-state index in [2.05, 4.69) is 15.2 Å². The van der Waals surface area contributed by atoms with Crippen LogP contribution in [0.5, 0.6) is 5.75 Å². The molecule has 9 nitrogen and oxygen atoms in total. The lowest BCUT2D eigenvalue weighted by molar-refractivity contribution is -0.132. The maximum Gasteiger partial charge on any atom is 0.301 e. The van der Waals surface area contributed by atoms with Crippen molar-refractivity contribution >= 4 is 51.3 Å². The zero-order valence-electron chi connectivity index (χ0n) is 23.4. The van der Waals surface area contributed by atoms with Crippen LogP contribution in [0, 0.1) is 19.7 Å². The van der Waals surface area contributed by atoms with E-state index in [1.54, 1.807) is 49.4 Å². The van der Waals surface area contributed by atoms with Gasteiger partial charge < -0.3 is 14.2 Å². The Bertz CT molecular complexity index is 1920. The van der Waals surface area contributed by atoms with Crippen LogP contribution in [0.1, 0.15) is 41.0 Å². The molecule has 3 aromatic heterocycles. The van der Waals surface area contributed by atoms with E-state index in [1.807, 2.05) is 36.6 Å². The van der Waals surface area contributed by atoms with E-state index in [0.717, 1.165) is 16.9 Å². The number of ketones is 1. The normalized spacial score (nSPS) is 16.4. The van der Waals surface area contributed by atoms with E-state index in [4.69, 9.17) is 4.74 Å². The second kappa shape index (κ2) is 11.6. The Morgan fingerprint density at radius 3 is 2.67 bits per heavy atom. The van der Waals surface area contributed by atoms with Crippen molar-refractivity contribution in [3.63, 3.8) is 0 Å². The molecule has 1 unspecified atom stereocenters. The van der Waals surface area contributed by atoms with Crippen molar-refractivity contribution in [3.8, 4) is 5.75 Å². The van der Waals surface area contributed by atoms with Crippen molar-refractivity contribution in [3.05, 3.63) is 106 Å². The SMILES string of the molecule is CCOc1cccc(C2/C(=C(\O)c3nc4c(C)cccn4c3C)C(=O)C(=O)N2c2nnc(SCc3ccccc3F)s2)c1. The molecular weight excluding hydrogens is 590 g/mol. The number of rotatable bonds is 8. The Hall–Kier alpha value is -4.55. The third-order valence-electron chi connectivity index (χ3n) is 7.15. The number of ether oxygens (including phenoxy) is 1. The van der Waals surface area contributed by atoms with Gasteiger partial charge in [0.1, 0.15) is 22.9 Å². The summed E-state index contributed by atoms with van der Waals surface area (Å²) in [5.74, 6) is -1.57. The first kappa shape index (κ1) is 28.6. The van der Waals surface area contributed by atoms with Crippen LogP contribution in [-0.4, -0.2) is 43.0 Å². The number of benzene rings is 2. The molecule has 1 aliphatic rings. The summed E-state index contributed by atoms with van der Waals surface area (Å²) in [6, 6.07) is 16.2. The number of carbonyl (C=O) groups is 2. The molecule has 6 rings (SSSR count). The molecule has 0 aliphatic carbocycles. The fraction of sp³-hybridized carbons (Fsp3) is 0.194. The van der Waals surface area contributed by atoms with E-state index in [0.29, 0.717) is 44.9 Å². The topological polar surface area (TPSA) is 110 Å². The van der Waals surface area contributed by atoms with E-state index < -0.39 is 17.7 Å². The minimum Gasteiger partial charge on any atom is -0.505 e. The molecule has 4 heterocycles. The third-order valence-corrected chi connectivity index (χ3v) is 9.25. The van der Waals surface area contributed by atoms with E-state index in [1.165, 1.54) is 22.7 Å². The summed E-state index contributed by atoms with van der Waals surface area (Å²) in [5, 5.41) is 20.3. The van der Waals surface area contributed by atoms with E-state index in [9.17, 15) is 19.1 Å². The molecule has 12 heteroatoms. The molecule has 2 aromatic carbocycles. The molecule has 0 saturated carbocycles. The maximum absolute atomic E-state index is 14.2. The quantitative estimate of drug-likeness (QED) is 0.0717. The van der Waals surface area contributed by atoms with E-state index in [-0.39, 0.29) is 28.0 Å². The van der Waals surface area contributed by atoms with Gasteiger partial charge in [0.2, 0.25) is 5.13 Å². The number of imidazole rings is 1. The molecule has 1 aliphatic heterocycles. The Labute approximate surface area is 254 Å². The molecule has 1 saturated heterocycles. The number of Topliss-reactive ketones (excluding diaryl/α,β-unsaturated/α-hetero) is 1. The maximum atomic E-state index is 14.2. The van der Waals surface area contributed by atoms with Crippen LogP contribution >= 0.6 is 23.1 Å². The molecule has 218 valence electrons. The monoisotopic (exact) mass is 615 g/mol. The molecule has 1 fully saturated rings. The van der Waals surface area contributed by atoms with Gasteiger partial charge in [-0.15, -0.1) is 10.2 Å². The van der Waals surface area contributed by atoms with Gasteiger partial charge in [0.15, 0.2) is 10.1 Å². The Kier molecular flexibility index (Phi) is 7.72. The van der Waals surface area contributed by atoms with Crippen LogP contribution in [0.25, 0.3) is 11.4 Å². The first-order valence-corrected chi connectivity index (χ1v) is 15.3. The number of hydrogen-bond acceptors (Lipinski definition) is 9. The van der Waals surface area contributed by atoms with Crippen molar-refractivity contribution in [1.82, 2.24) is 19.6 Å². The summed E-state index contributed by atoms with van der Waals surface area (Å²) in [6.45, 7) is 5.97. The molecular formula is C31H26FN5O4S2. The first-order chi connectivity index (χ1) is 20.8.